The quantitative estimate of drug-likeness (QED) is 0.580. The predicted octanol–water partition coefficient (Wildman–Crippen LogP) is 2.08. The first-order chi connectivity index (χ1) is 14.0. The zero-order valence-corrected chi connectivity index (χ0v) is 18.1. The molecule has 0 spiro atoms. The molecule has 2 atom stereocenters. The van der Waals surface area contributed by atoms with Crippen LogP contribution in [0, 0.1) is 17.3 Å². The van der Waals surface area contributed by atoms with Gasteiger partial charge >= 0.3 is 11.9 Å². The molecule has 30 heavy (non-hydrogen) atoms. The van der Waals surface area contributed by atoms with Crippen LogP contribution in [0.2, 0.25) is 0 Å². The van der Waals surface area contributed by atoms with Crippen LogP contribution in [0.15, 0.2) is 53.0 Å². The van der Waals surface area contributed by atoms with E-state index in [1.165, 1.54) is 16.5 Å². The number of nitrogens with zero attached hydrogens (tertiary/aromatic N) is 1. The number of carbonyl (C=O) groups is 2. The second kappa shape index (κ2) is 9.11. The van der Waals surface area contributed by atoms with Crippen LogP contribution in [0.25, 0.3) is 0 Å². The minimum Gasteiger partial charge on any atom is -0.481 e. The molecular formula is C21H28N2O6S. The molecule has 0 radical (unpaired) electrons. The monoisotopic (exact) mass is 436 g/mol. The molecule has 9 heteroatoms. The number of benzene rings is 1. The lowest BCUT2D eigenvalue weighted by Gasteiger charge is -2.39. The highest BCUT2D eigenvalue weighted by Gasteiger charge is 2.46. The Balaban J connectivity index is 0.000000215. The summed E-state index contributed by atoms with van der Waals surface area (Å²) in [5.74, 6) is -2.89. The standard InChI is InChI=1S/C12H16O4.C9H12N2O2S/c1-7(2)12(3)8(10(13)14)5-4-6-9(12)11(15)16;10-7-8-1-3-9(4-2-8)14(12,13)11-5-6-11/h4-8H,1-3H3,(H,13,14)(H,15,16);1-4H,5-7,10H2/t8?,12-;/m1./s1. The fourth-order valence-electron chi connectivity index (χ4n) is 3.35. The number of rotatable bonds is 6. The molecule has 3 rings (SSSR count). The lowest BCUT2D eigenvalue weighted by Crippen LogP contribution is -2.41. The summed E-state index contributed by atoms with van der Waals surface area (Å²) in [5, 5.41) is 18.3. The van der Waals surface area contributed by atoms with Crippen molar-refractivity contribution in [1.29, 1.82) is 0 Å². The first-order valence-electron chi connectivity index (χ1n) is 9.60. The number of allylic oxidation sites excluding steroid dienone is 2. The fraction of sp³-hybridized carbons (Fsp3) is 0.429. The van der Waals surface area contributed by atoms with Gasteiger partial charge in [0.1, 0.15) is 0 Å². The molecule has 1 heterocycles. The minimum atomic E-state index is -3.20. The van der Waals surface area contributed by atoms with Gasteiger partial charge in [0.15, 0.2) is 0 Å². The number of hydrogen-bond donors (Lipinski definition) is 3. The number of nitrogens with two attached hydrogens (primary N) is 1. The lowest BCUT2D eigenvalue weighted by molar-refractivity contribution is -0.145. The summed E-state index contributed by atoms with van der Waals surface area (Å²) in [6.07, 6.45) is 4.54. The molecule has 4 N–H and O–H groups in total. The summed E-state index contributed by atoms with van der Waals surface area (Å²) >= 11 is 0. The van der Waals surface area contributed by atoms with Crippen molar-refractivity contribution < 1.29 is 28.2 Å². The van der Waals surface area contributed by atoms with Crippen LogP contribution in [0.5, 0.6) is 0 Å². The Bertz CT molecular complexity index is 962. The second-order valence-corrected chi connectivity index (χ2v) is 9.71. The van der Waals surface area contributed by atoms with E-state index in [2.05, 4.69) is 0 Å². The molecule has 0 saturated carbocycles. The van der Waals surface area contributed by atoms with E-state index in [1.54, 1.807) is 37.3 Å². The molecule has 2 aliphatic rings. The number of aliphatic carboxylic acids is 2. The summed E-state index contributed by atoms with van der Waals surface area (Å²) in [7, 11) is -3.20. The van der Waals surface area contributed by atoms with Crippen molar-refractivity contribution in [1.82, 2.24) is 4.31 Å². The van der Waals surface area contributed by atoms with Gasteiger partial charge in [0.05, 0.1) is 10.8 Å². The van der Waals surface area contributed by atoms with E-state index >= 15 is 0 Å². The lowest BCUT2D eigenvalue weighted by atomic mass is 9.62. The van der Waals surface area contributed by atoms with E-state index in [0.29, 0.717) is 24.5 Å². The van der Waals surface area contributed by atoms with Crippen molar-refractivity contribution in [3.05, 3.63) is 53.6 Å². The average Bonchev–Trinajstić information content (AvgIpc) is 3.54. The largest absolute Gasteiger partial charge is 0.481 e. The normalized spacial score (nSPS) is 23.4. The van der Waals surface area contributed by atoms with Gasteiger partial charge in [-0.05, 0) is 23.6 Å². The van der Waals surface area contributed by atoms with E-state index in [4.69, 9.17) is 15.9 Å². The first kappa shape index (κ1) is 23.8. The van der Waals surface area contributed by atoms with Gasteiger partial charge < -0.3 is 15.9 Å². The topological polar surface area (TPSA) is 138 Å². The Morgan fingerprint density at radius 1 is 1.20 bits per heavy atom. The smallest absolute Gasteiger partial charge is 0.332 e. The Hall–Kier alpha value is -2.49. The van der Waals surface area contributed by atoms with Crippen LogP contribution in [0.1, 0.15) is 26.3 Å². The third-order valence-corrected chi connectivity index (χ3v) is 7.60. The van der Waals surface area contributed by atoms with Crippen molar-refractivity contribution in [3.8, 4) is 0 Å². The molecule has 1 fully saturated rings. The van der Waals surface area contributed by atoms with Crippen molar-refractivity contribution in [2.24, 2.45) is 23.0 Å². The van der Waals surface area contributed by atoms with Gasteiger partial charge in [0.25, 0.3) is 0 Å². The summed E-state index contributed by atoms with van der Waals surface area (Å²) in [4.78, 5) is 22.7. The van der Waals surface area contributed by atoms with Gasteiger partial charge in [-0.25, -0.2) is 13.2 Å². The number of carboxylic acid groups (broad SMARTS) is 2. The Kier molecular flexibility index (Phi) is 7.23. The molecule has 8 nitrogen and oxygen atoms in total. The Morgan fingerprint density at radius 3 is 2.17 bits per heavy atom. The van der Waals surface area contributed by atoms with Crippen LogP contribution in [0.4, 0.5) is 0 Å². The SMILES string of the molecule is CC(C)[C@@]1(C)C(C(=O)O)=CC=CC1C(=O)O.NCc1ccc(S(=O)(=O)N2CC2)cc1. The molecule has 1 saturated heterocycles. The van der Waals surface area contributed by atoms with E-state index in [-0.39, 0.29) is 11.5 Å². The first-order valence-corrected chi connectivity index (χ1v) is 11.0. The summed E-state index contributed by atoms with van der Waals surface area (Å²) in [5.41, 5.74) is 5.66. The Morgan fingerprint density at radius 2 is 1.77 bits per heavy atom. The van der Waals surface area contributed by atoms with E-state index in [1.807, 2.05) is 13.8 Å². The van der Waals surface area contributed by atoms with E-state index < -0.39 is 33.3 Å². The van der Waals surface area contributed by atoms with Crippen LogP contribution in [0.3, 0.4) is 0 Å². The van der Waals surface area contributed by atoms with Crippen LogP contribution in [-0.4, -0.2) is 48.0 Å². The van der Waals surface area contributed by atoms with Crippen LogP contribution < -0.4 is 5.73 Å². The molecule has 1 aromatic carbocycles. The highest BCUT2D eigenvalue weighted by Crippen LogP contribution is 2.45. The second-order valence-electron chi connectivity index (χ2n) is 7.78. The molecule has 0 bridgehead atoms. The zero-order chi connectivity index (χ0) is 22.7. The summed E-state index contributed by atoms with van der Waals surface area (Å²) < 4.78 is 24.8. The van der Waals surface area contributed by atoms with Crippen molar-refractivity contribution in [2.45, 2.75) is 32.2 Å². The molecule has 1 aromatic rings. The third-order valence-electron chi connectivity index (χ3n) is 5.69. The van der Waals surface area contributed by atoms with Gasteiger partial charge in [-0.15, -0.1) is 0 Å². The third kappa shape index (κ3) is 4.80. The van der Waals surface area contributed by atoms with Gasteiger partial charge in [-0.2, -0.15) is 4.31 Å². The molecule has 0 amide bonds. The van der Waals surface area contributed by atoms with Gasteiger partial charge in [0, 0.05) is 30.6 Å². The maximum absolute atomic E-state index is 11.7. The molecular weight excluding hydrogens is 408 g/mol. The van der Waals surface area contributed by atoms with E-state index in [0.717, 1.165) is 5.56 Å². The molecule has 1 aliphatic carbocycles. The predicted molar refractivity (Wildman–Crippen MR) is 112 cm³/mol. The van der Waals surface area contributed by atoms with Crippen molar-refractivity contribution >= 4 is 22.0 Å². The van der Waals surface area contributed by atoms with Crippen molar-refractivity contribution in [3.63, 3.8) is 0 Å². The number of hydrogen-bond acceptors (Lipinski definition) is 5. The fourth-order valence-corrected chi connectivity index (χ4v) is 4.69. The molecule has 164 valence electrons. The summed E-state index contributed by atoms with van der Waals surface area (Å²) in [6, 6.07) is 6.71. The molecule has 1 unspecified atom stereocenters. The van der Waals surface area contributed by atoms with Crippen LogP contribution in [-0.2, 0) is 26.2 Å². The number of carboxylic acids is 2. The minimum absolute atomic E-state index is 0.0686. The zero-order valence-electron chi connectivity index (χ0n) is 17.3. The van der Waals surface area contributed by atoms with E-state index in [9.17, 15) is 18.0 Å². The summed E-state index contributed by atoms with van der Waals surface area (Å²) in [6.45, 7) is 7.09. The van der Waals surface area contributed by atoms with Crippen LogP contribution >= 0.6 is 0 Å². The average molecular weight is 437 g/mol. The molecule has 1 aliphatic heterocycles. The van der Waals surface area contributed by atoms with Gasteiger partial charge in [-0.3, -0.25) is 4.79 Å². The van der Waals surface area contributed by atoms with Crippen molar-refractivity contribution in [2.75, 3.05) is 13.1 Å². The molecule has 0 aromatic heterocycles. The van der Waals surface area contributed by atoms with Gasteiger partial charge in [-0.1, -0.05) is 51.1 Å². The Labute approximate surface area is 176 Å². The van der Waals surface area contributed by atoms with Gasteiger partial charge in [0.2, 0.25) is 10.0 Å². The maximum atomic E-state index is 11.7. The highest BCUT2D eigenvalue weighted by atomic mass is 32.2. The maximum Gasteiger partial charge on any atom is 0.332 e. The highest BCUT2D eigenvalue weighted by molar-refractivity contribution is 7.89. The number of sulfonamides is 1.